The van der Waals surface area contributed by atoms with Gasteiger partial charge in [-0.3, -0.25) is 4.79 Å². The van der Waals surface area contributed by atoms with Crippen molar-refractivity contribution in [1.29, 1.82) is 0 Å². The molecule has 1 amide bonds. The van der Waals surface area contributed by atoms with E-state index in [1.807, 2.05) is 66.0 Å². The lowest BCUT2D eigenvalue weighted by atomic mass is 9.90. The highest BCUT2D eigenvalue weighted by molar-refractivity contribution is 7.13. The second-order valence-electron chi connectivity index (χ2n) is 6.93. The maximum atomic E-state index is 13.1. The minimum absolute atomic E-state index is 0.0583. The molecule has 2 heterocycles. The first kappa shape index (κ1) is 18.8. The standard InChI is InChI=1S/C22H23N3O2S/c26-21(20(17-7-3-1-4-8-17)18-9-5-2-6-10-18)24-22-23-19(16-28-22)15-25-11-13-27-14-12-25/h1-10,16,20H,11-15H2,(H,23,24,26)/p+1. The smallest absolute Gasteiger partial charge is 0.238 e. The minimum Gasteiger partial charge on any atom is -0.370 e. The molecule has 2 N–H and O–H groups in total. The number of thiazole rings is 1. The van der Waals surface area contributed by atoms with E-state index >= 15 is 0 Å². The maximum absolute atomic E-state index is 13.1. The van der Waals surface area contributed by atoms with Crippen LogP contribution in [0.2, 0.25) is 0 Å². The summed E-state index contributed by atoms with van der Waals surface area (Å²) in [4.78, 5) is 19.3. The molecule has 1 aromatic heterocycles. The van der Waals surface area contributed by atoms with Crippen LogP contribution >= 0.6 is 11.3 Å². The fourth-order valence-electron chi connectivity index (χ4n) is 3.50. The SMILES string of the molecule is O=C(Nc1nc(C[NH+]2CCOCC2)cs1)C(c1ccccc1)c1ccccc1. The van der Waals surface area contributed by atoms with E-state index in [0.29, 0.717) is 5.13 Å². The molecular weight excluding hydrogens is 370 g/mol. The molecule has 0 atom stereocenters. The predicted molar refractivity (Wildman–Crippen MR) is 111 cm³/mol. The Hall–Kier alpha value is -2.54. The number of morpholine rings is 1. The van der Waals surface area contributed by atoms with Gasteiger partial charge in [-0.2, -0.15) is 0 Å². The van der Waals surface area contributed by atoms with Crippen LogP contribution in [0, 0.1) is 0 Å². The Bertz CT molecular complexity index is 853. The topological polar surface area (TPSA) is 55.7 Å². The van der Waals surface area contributed by atoms with Crippen LogP contribution < -0.4 is 10.2 Å². The lowest BCUT2D eigenvalue weighted by Gasteiger charge is -2.22. The molecular formula is C22H24N3O2S+. The van der Waals surface area contributed by atoms with Crippen molar-refractivity contribution in [2.45, 2.75) is 12.5 Å². The molecule has 0 spiro atoms. The number of carbonyl (C=O) groups excluding carboxylic acids is 1. The number of rotatable bonds is 6. The number of benzene rings is 2. The summed E-state index contributed by atoms with van der Waals surface area (Å²) in [5.74, 6) is -0.420. The average molecular weight is 395 g/mol. The number of quaternary nitrogens is 1. The molecule has 4 rings (SSSR count). The molecule has 1 aliphatic heterocycles. The molecule has 6 heteroatoms. The highest BCUT2D eigenvalue weighted by Gasteiger charge is 2.24. The van der Waals surface area contributed by atoms with E-state index in [1.54, 1.807) is 0 Å². The molecule has 0 bridgehead atoms. The van der Waals surface area contributed by atoms with E-state index in [1.165, 1.54) is 16.2 Å². The van der Waals surface area contributed by atoms with Gasteiger partial charge in [-0.25, -0.2) is 4.98 Å². The number of nitrogens with one attached hydrogen (secondary N) is 2. The van der Waals surface area contributed by atoms with Crippen molar-refractivity contribution in [3.63, 3.8) is 0 Å². The van der Waals surface area contributed by atoms with Crippen LogP contribution in [0.1, 0.15) is 22.7 Å². The number of carbonyl (C=O) groups is 1. The van der Waals surface area contributed by atoms with Crippen LogP contribution in [0.25, 0.3) is 0 Å². The van der Waals surface area contributed by atoms with Crippen LogP contribution in [-0.4, -0.2) is 37.2 Å². The molecule has 0 saturated carbocycles. The van der Waals surface area contributed by atoms with E-state index < -0.39 is 0 Å². The summed E-state index contributed by atoms with van der Waals surface area (Å²) in [7, 11) is 0. The molecule has 28 heavy (non-hydrogen) atoms. The predicted octanol–water partition coefficient (Wildman–Crippen LogP) is 2.33. The first-order valence-corrected chi connectivity index (χ1v) is 10.4. The number of aromatic nitrogens is 1. The van der Waals surface area contributed by atoms with Gasteiger partial charge < -0.3 is 15.0 Å². The number of nitrogens with zero attached hydrogens (tertiary/aromatic N) is 1. The Kier molecular flexibility index (Phi) is 6.11. The Balaban J connectivity index is 1.49. The van der Waals surface area contributed by atoms with Gasteiger partial charge in [0.05, 0.1) is 19.1 Å². The van der Waals surface area contributed by atoms with Gasteiger partial charge in [0.25, 0.3) is 0 Å². The van der Waals surface area contributed by atoms with Crippen LogP contribution in [0.5, 0.6) is 0 Å². The first-order valence-electron chi connectivity index (χ1n) is 9.56. The summed E-state index contributed by atoms with van der Waals surface area (Å²) in [6.07, 6.45) is 0. The van der Waals surface area contributed by atoms with Gasteiger partial charge in [0.15, 0.2) is 5.13 Å². The molecule has 5 nitrogen and oxygen atoms in total. The van der Waals surface area contributed by atoms with Gasteiger partial charge in [0, 0.05) is 5.38 Å². The van der Waals surface area contributed by atoms with Crippen molar-refractivity contribution in [3.05, 3.63) is 82.9 Å². The molecule has 2 aromatic carbocycles. The monoisotopic (exact) mass is 394 g/mol. The average Bonchev–Trinajstić information content (AvgIpc) is 3.17. The van der Waals surface area contributed by atoms with Crippen molar-refractivity contribution < 1.29 is 14.4 Å². The number of amides is 1. The van der Waals surface area contributed by atoms with Crippen LogP contribution in [0.4, 0.5) is 5.13 Å². The zero-order valence-electron chi connectivity index (χ0n) is 15.6. The summed E-state index contributed by atoms with van der Waals surface area (Å²) in [6, 6.07) is 19.7. The van der Waals surface area contributed by atoms with Crippen LogP contribution in [0.3, 0.4) is 0 Å². The molecule has 1 aliphatic rings. The molecule has 0 unspecified atom stereocenters. The largest absolute Gasteiger partial charge is 0.370 e. The lowest BCUT2D eigenvalue weighted by molar-refractivity contribution is -0.921. The number of hydrogen-bond acceptors (Lipinski definition) is 4. The van der Waals surface area contributed by atoms with Gasteiger partial charge in [0.2, 0.25) is 5.91 Å². The lowest BCUT2D eigenvalue weighted by Crippen LogP contribution is -3.12. The van der Waals surface area contributed by atoms with Gasteiger partial charge in [-0.1, -0.05) is 60.7 Å². The number of hydrogen-bond donors (Lipinski definition) is 2. The van der Waals surface area contributed by atoms with Gasteiger partial charge in [-0.15, -0.1) is 11.3 Å². The second kappa shape index (κ2) is 9.10. The summed E-state index contributed by atoms with van der Waals surface area (Å²) in [5, 5.41) is 5.73. The molecule has 144 valence electrons. The van der Waals surface area contributed by atoms with Crippen molar-refractivity contribution >= 4 is 22.4 Å². The van der Waals surface area contributed by atoms with Crippen molar-refractivity contribution in [2.24, 2.45) is 0 Å². The van der Waals surface area contributed by atoms with Crippen molar-refractivity contribution in [2.75, 3.05) is 31.6 Å². The highest BCUT2D eigenvalue weighted by atomic mass is 32.1. The molecule has 3 aromatic rings. The number of ether oxygens (including phenoxy) is 1. The van der Waals surface area contributed by atoms with Gasteiger partial charge in [0.1, 0.15) is 25.3 Å². The minimum atomic E-state index is -0.361. The second-order valence-corrected chi connectivity index (χ2v) is 7.78. The normalized spacial score (nSPS) is 14.9. The van der Waals surface area contributed by atoms with Gasteiger partial charge >= 0.3 is 0 Å². The summed E-state index contributed by atoms with van der Waals surface area (Å²) >= 11 is 1.49. The third-order valence-electron chi connectivity index (χ3n) is 4.94. The summed E-state index contributed by atoms with van der Waals surface area (Å²) in [6.45, 7) is 4.49. The fraction of sp³-hybridized carbons (Fsp3) is 0.273. The van der Waals surface area contributed by atoms with E-state index in [4.69, 9.17) is 4.74 Å². The third kappa shape index (κ3) is 4.65. The highest BCUT2D eigenvalue weighted by Crippen LogP contribution is 2.27. The Morgan fingerprint density at radius 2 is 1.64 bits per heavy atom. The molecule has 0 aliphatic carbocycles. The maximum Gasteiger partial charge on any atom is 0.238 e. The van der Waals surface area contributed by atoms with Crippen LogP contribution in [0.15, 0.2) is 66.0 Å². The van der Waals surface area contributed by atoms with E-state index in [-0.39, 0.29) is 11.8 Å². The van der Waals surface area contributed by atoms with Gasteiger partial charge in [-0.05, 0) is 11.1 Å². The molecule has 0 radical (unpaired) electrons. The summed E-state index contributed by atoms with van der Waals surface area (Å²) in [5.41, 5.74) is 2.97. The quantitative estimate of drug-likeness (QED) is 0.675. The zero-order valence-corrected chi connectivity index (χ0v) is 16.5. The number of anilines is 1. The summed E-state index contributed by atoms with van der Waals surface area (Å²) < 4.78 is 5.41. The third-order valence-corrected chi connectivity index (χ3v) is 5.75. The van der Waals surface area contributed by atoms with Crippen molar-refractivity contribution in [3.8, 4) is 0 Å². The van der Waals surface area contributed by atoms with E-state index in [9.17, 15) is 4.79 Å². The van der Waals surface area contributed by atoms with E-state index in [2.05, 4.69) is 10.3 Å². The van der Waals surface area contributed by atoms with Crippen molar-refractivity contribution in [1.82, 2.24) is 4.98 Å². The molecule has 1 fully saturated rings. The first-order chi connectivity index (χ1) is 13.8. The Labute approximate surface area is 169 Å². The fourth-order valence-corrected chi connectivity index (χ4v) is 4.22. The Morgan fingerprint density at radius 3 is 2.25 bits per heavy atom. The van der Waals surface area contributed by atoms with E-state index in [0.717, 1.165) is 49.7 Å². The Morgan fingerprint density at radius 1 is 1.04 bits per heavy atom. The van der Waals surface area contributed by atoms with Crippen LogP contribution in [-0.2, 0) is 16.1 Å². The zero-order chi connectivity index (χ0) is 19.2. The molecule has 1 saturated heterocycles.